The molecule has 0 bridgehead atoms. The van der Waals surface area contributed by atoms with E-state index in [0.717, 1.165) is 35.5 Å². The van der Waals surface area contributed by atoms with Gasteiger partial charge in [-0.15, -0.1) is 0 Å². The third kappa shape index (κ3) is 3.17. The maximum absolute atomic E-state index is 13.0. The molecule has 0 radical (unpaired) electrons. The van der Waals surface area contributed by atoms with E-state index in [1.54, 1.807) is 18.5 Å². The molecule has 0 atom stereocenters. The van der Waals surface area contributed by atoms with E-state index in [2.05, 4.69) is 19.9 Å². The van der Waals surface area contributed by atoms with Crippen molar-refractivity contribution in [1.82, 2.24) is 19.9 Å². The van der Waals surface area contributed by atoms with Crippen LogP contribution in [0.1, 0.15) is 5.56 Å². The van der Waals surface area contributed by atoms with Gasteiger partial charge in [0.2, 0.25) is 5.91 Å². The van der Waals surface area contributed by atoms with Crippen LogP contribution < -0.4 is 4.90 Å². The van der Waals surface area contributed by atoms with Gasteiger partial charge in [-0.1, -0.05) is 12.1 Å². The average Bonchev–Trinajstić information content (AvgIpc) is 3.12. The summed E-state index contributed by atoms with van der Waals surface area (Å²) in [5.74, 6) is 0.684. The summed E-state index contributed by atoms with van der Waals surface area (Å²) in [6.45, 7) is 2.75. The quantitative estimate of drug-likeness (QED) is 0.793. The first-order valence-electron chi connectivity index (χ1n) is 8.26. The van der Waals surface area contributed by atoms with Crippen molar-refractivity contribution in [3.63, 3.8) is 0 Å². The lowest BCUT2D eigenvalue weighted by molar-refractivity contribution is -0.130. The van der Waals surface area contributed by atoms with Crippen molar-refractivity contribution in [2.75, 3.05) is 31.1 Å². The first-order chi connectivity index (χ1) is 12.2. The lowest BCUT2D eigenvalue weighted by Crippen LogP contribution is -2.49. The van der Waals surface area contributed by atoms with Gasteiger partial charge in [0.05, 0.1) is 11.8 Å². The molecule has 7 heteroatoms. The summed E-state index contributed by atoms with van der Waals surface area (Å²) in [7, 11) is 0. The minimum absolute atomic E-state index is 0.0701. The summed E-state index contributed by atoms with van der Waals surface area (Å²) >= 11 is 0. The number of hydrogen-bond acceptors (Lipinski definition) is 4. The summed E-state index contributed by atoms with van der Waals surface area (Å²) < 4.78 is 13.0. The van der Waals surface area contributed by atoms with Crippen LogP contribution >= 0.6 is 0 Å². The molecule has 0 unspecified atom stereocenters. The second-order valence-electron chi connectivity index (χ2n) is 6.11. The molecule has 3 heterocycles. The van der Waals surface area contributed by atoms with Gasteiger partial charge in [0.1, 0.15) is 23.6 Å². The van der Waals surface area contributed by atoms with Crippen molar-refractivity contribution in [1.29, 1.82) is 0 Å². The molecule has 2 aromatic heterocycles. The van der Waals surface area contributed by atoms with Gasteiger partial charge in [0, 0.05) is 32.4 Å². The molecule has 1 saturated heterocycles. The maximum atomic E-state index is 13.0. The highest BCUT2D eigenvalue weighted by Gasteiger charge is 2.23. The first kappa shape index (κ1) is 15.6. The van der Waals surface area contributed by atoms with Crippen LogP contribution in [0.3, 0.4) is 0 Å². The third-order valence-corrected chi connectivity index (χ3v) is 4.53. The maximum Gasteiger partial charge on any atom is 0.227 e. The Kier molecular flexibility index (Phi) is 4.05. The van der Waals surface area contributed by atoms with Gasteiger partial charge < -0.3 is 14.8 Å². The molecule has 1 aliphatic heterocycles. The fraction of sp³-hybridized carbons (Fsp3) is 0.278. The summed E-state index contributed by atoms with van der Waals surface area (Å²) in [5, 5.41) is 0.994. The summed E-state index contributed by atoms with van der Waals surface area (Å²) in [6, 6.07) is 8.06. The number of carbonyl (C=O) groups excluding carboxylic acids is 1. The SMILES string of the molecule is O=C(Cc1ccc(F)cc1)N1CCN(c2ncnc3[nH]ccc23)CC1. The van der Waals surface area contributed by atoms with Crippen LogP contribution in [0.15, 0.2) is 42.9 Å². The number of hydrogen-bond donors (Lipinski definition) is 1. The molecule has 1 aromatic carbocycles. The molecule has 1 fully saturated rings. The van der Waals surface area contributed by atoms with Crippen molar-refractivity contribution in [2.24, 2.45) is 0 Å². The van der Waals surface area contributed by atoms with Crippen molar-refractivity contribution < 1.29 is 9.18 Å². The van der Waals surface area contributed by atoms with Gasteiger partial charge in [-0.2, -0.15) is 0 Å². The highest BCUT2D eigenvalue weighted by Crippen LogP contribution is 2.23. The zero-order chi connectivity index (χ0) is 17.2. The molecule has 128 valence electrons. The van der Waals surface area contributed by atoms with Gasteiger partial charge in [-0.05, 0) is 23.8 Å². The van der Waals surface area contributed by atoms with Crippen LogP contribution in [-0.2, 0) is 11.2 Å². The number of benzene rings is 1. The fourth-order valence-electron chi connectivity index (χ4n) is 3.17. The molecule has 1 N–H and O–H groups in total. The van der Waals surface area contributed by atoms with Crippen molar-refractivity contribution >= 4 is 22.8 Å². The Morgan fingerprint density at radius 2 is 1.84 bits per heavy atom. The van der Waals surface area contributed by atoms with Crippen LogP contribution in [0.4, 0.5) is 10.2 Å². The molecule has 0 saturated carbocycles. The summed E-state index contributed by atoms with van der Waals surface area (Å²) in [6.07, 6.45) is 3.71. The van der Waals surface area contributed by atoms with Gasteiger partial charge in [-0.25, -0.2) is 14.4 Å². The van der Waals surface area contributed by atoms with Crippen LogP contribution in [0, 0.1) is 5.82 Å². The van der Waals surface area contributed by atoms with E-state index in [4.69, 9.17) is 0 Å². The van der Waals surface area contributed by atoms with E-state index in [1.165, 1.54) is 12.1 Å². The van der Waals surface area contributed by atoms with Gasteiger partial charge >= 0.3 is 0 Å². The third-order valence-electron chi connectivity index (χ3n) is 4.53. The number of halogens is 1. The standard InChI is InChI=1S/C18H18FN5O/c19-14-3-1-13(2-4-14)11-16(25)23-7-9-24(10-8-23)18-15-5-6-20-17(15)21-12-22-18/h1-6,12H,7-11H2,(H,20,21,22). The molecule has 0 spiro atoms. The van der Waals surface area contributed by atoms with Crippen LogP contribution in [-0.4, -0.2) is 51.9 Å². The predicted molar refractivity (Wildman–Crippen MR) is 92.8 cm³/mol. The van der Waals surface area contributed by atoms with Crippen LogP contribution in [0.2, 0.25) is 0 Å². The summed E-state index contributed by atoms with van der Waals surface area (Å²) in [5.41, 5.74) is 1.65. The lowest BCUT2D eigenvalue weighted by Gasteiger charge is -2.35. The Hall–Kier alpha value is -2.96. The zero-order valence-corrected chi connectivity index (χ0v) is 13.7. The minimum Gasteiger partial charge on any atom is -0.352 e. The topological polar surface area (TPSA) is 65.1 Å². The Morgan fingerprint density at radius 3 is 2.60 bits per heavy atom. The first-order valence-corrected chi connectivity index (χ1v) is 8.26. The number of anilines is 1. The van der Waals surface area contributed by atoms with Crippen molar-refractivity contribution in [2.45, 2.75) is 6.42 Å². The number of fused-ring (bicyclic) bond motifs is 1. The van der Waals surface area contributed by atoms with Crippen LogP contribution in [0.5, 0.6) is 0 Å². The molecule has 0 aliphatic carbocycles. The second kappa shape index (κ2) is 6.51. The number of carbonyl (C=O) groups is 1. The van der Waals surface area contributed by atoms with Crippen molar-refractivity contribution in [3.8, 4) is 0 Å². The fourth-order valence-corrected chi connectivity index (χ4v) is 3.17. The number of H-pyrrole nitrogens is 1. The second-order valence-corrected chi connectivity index (χ2v) is 6.11. The number of nitrogens with zero attached hydrogens (tertiary/aromatic N) is 4. The largest absolute Gasteiger partial charge is 0.352 e. The molecule has 1 aliphatic rings. The molecular formula is C18H18FN5O. The Morgan fingerprint density at radius 1 is 1.08 bits per heavy atom. The monoisotopic (exact) mass is 339 g/mol. The molecule has 1 amide bonds. The van der Waals surface area contributed by atoms with E-state index in [0.29, 0.717) is 19.5 Å². The predicted octanol–water partition coefficient (Wildman–Crippen LogP) is 1.99. The average molecular weight is 339 g/mol. The van der Waals surface area contributed by atoms with E-state index in [9.17, 15) is 9.18 Å². The lowest BCUT2D eigenvalue weighted by atomic mass is 10.1. The van der Waals surface area contributed by atoms with E-state index < -0.39 is 0 Å². The molecule has 3 aromatic rings. The Labute approximate surface area is 144 Å². The zero-order valence-electron chi connectivity index (χ0n) is 13.7. The number of rotatable bonds is 3. The van der Waals surface area contributed by atoms with E-state index in [-0.39, 0.29) is 11.7 Å². The normalized spacial score (nSPS) is 14.9. The molecule has 6 nitrogen and oxygen atoms in total. The van der Waals surface area contributed by atoms with E-state index >= 15 is 0 Å². The van der Waals surface area contributed by atoms with E-state index in [1.807, 2.05) is 17.2 Å². The molecule has 25 heavy (non-hydrogen) atoms. The number of aromatic amines is 1. The smallest absolute Gasteiger partial charge is 0.227 e. The highest BCUT2D eigenvalue weighted by molar-refractivity contribution is 5.87. The van der Waals surface area contributed by atoms with Gasteiger partial charge in [-0.3, -0.25) is 4.79 Å². The molecular weight excluding hydrogens is 321 g/mol. The summed E-state index contributed by atoms with van der Waals surface area (Å²) in [4.78, 5) is 28.2. The number of piperazine rings is 1. The minimum atomic E-state index is -0.286. The van der Waals surface area contributed by atoms with Crippen molar-refractivity contribution in [3.05, 3.63) is 54.2 Å². The van der Waals surface area contributed by atoms with Gasteiger partial charge in [0.15, 0.2) is 0 Å². The number of nitrogens with one attached hydrogen (secondary N) is 1. The van der Waals surface area contributed by atoms with Gasteiger partial charge in [0.25, 0.3) is 0 Å². The highest BCUT2D eigenvalue weighted by atomic mass is 19.1. The van der Waals surface area contributed by atoms with Crippen LogP contribution in [0.25, 0.3) is 11.0 Å². The Bertz CT molecular complexity index is 884. The number of aromatic nitrogens is 3. The molecule has 4 rings (SSSR count). The number of amides is 1. The Balaban J connectivity index is 1.40.